The Morgan fingerprint density at radius 3 is 2.62 bits per heavy atom. The molecule has 5 nitrogen and oxygen atoms in total. The van der Waals surface area contributed by atoms with E-state index in [1.54, 1.807) is 18.5 Å². The van der Waals surface area contributed by atoms with E-state index in [4.69, 9.17) is 23.2 Å². The van der Waals surface area contributed by atoms with E-state index in [0.29, 0.717) is 5.82 Å². The first kappa shape index (κ1) is 11.0. The summed E-state index contributed by atoms with van der Waals surface area (Å²) < 4.78 is 1.16. The van der Waals surface area contributed by atoms with Crippen LogP contribution < -0.4 is 5.56 Å². The van der Waals surface area contributed by atoms with E-state index in [1.807, 2.05) is 0 Å². The summed E-state index contributed by atoms with van der Waals surface area (Å²) in [5.41, 5.74) is -0.457. The van der Waals surface area contributed by atoms with Crippen molar-refractivity contribution in [3.8, 4) is 0 Å². The second-order valence-electron chi connectivity index (χ2n) is 2.93. The topological polar surface area (TPSA) is 60.7 Å². The minimum Gasteiger partial charge on any atom is -0.266 e. The van der Waals surface area contributed by atoms with Crippen LogP contribution in [0.15, 0.2) is 29.5 Å². The highest BCUT2D eigenvalue weighted by atomic mass is 35.5. The molecule has 16 heavy (non-hydrogen) atoms. The zero-order valence-corrected chi connectivity index (χ0v) is 9.48. The van der Waals surface area contributed by atoms with Crippen molar-refractivity contribution in [3.63, 3.8) is 0 Å². The molecule has 2 aromatic heterocycles. The molecule has 0 fully saturated rings. The summed E-state index contributed by atoms with van der Waals surface area (Å²) in [5.74, 6) is 0.482. The molecule has 0 saturated heterocycles. The minimum absolute atomic E-state index is 0.0485. The van der Waals surface area contributed by atoms with E-state index in [9.17, 15) is 4.79 Å². The summed E-state index contributed by atoms with van der Waals surface area (Å²) in [4.78, 5) is 19.6. The molecule has 0 bridgehead atoms. The predicted octanol–water partition coefficient (Wildman–Crippen LogP) is 1.39. The molecular formula is C9H6Cl2N4O. The van der Waals surface area contributed by atoms with E-state index in [1.165, 1.54) is 6.20 Å². The van der Waals surface area contributed by atoms with E-state index >= 15 is 0 Å². The molecule has 0 aromatic carbocycles. The van der Waals surface area contributed by atoms with Crippen molar-refractivity contribution >= 4 is 23.2 Å². The lowest BCUT2D eigenvalue weighted by Gasteiger charge is -2.03. The molecule has 2 rings (SSSR count). The maximum atomic E-state index is 11.6. The summed E-state index contributed by atoms with van der Waals surface area (Å²) in [6, 6.07) is 1.69. The number of rotatable bonds is 2. The van der Waals surface area contributed by atoms with Crippen LogP contribution in [-0.2, 0) is 6.54 Å². The van der Waals surface area contributed by atoms with E-state index in [-0.39, 0.29) is 16.6 Å². The van der Waals surface area contributed by atoms with Gasteiger partial charge in [0.15, 0.2) is 0 Å². The first-order chi connectivity index (χ1) is 7.68. The molecule has 0 aliphatic heterocycles. The predicted molar refractivity (Wildman–Crippen MR) is 59.7 cm³/mol. The Hall–Kier alpha value is -1.46. The van der Waals surface area contributed by atoms with Crippen molar-refractivity contribution in [2.75, 3.05) is 0 Å². The summed E-state index contributed by atoms with van der Waals surface area (Å²) >= 11 is 11.4. The molecule has 0 unspecified atom stereocenters. The van der Waals surface area contributed by atoms with Gasteiger partial charge in [0.25, 0.3) is 5.56 Å². The highest BCUT2D eigenvalue weighted by Crippen LogP contribution is 2.14. The maximum absolute atomic E-state index is 11.6. The number of nitrogens with zero attached hydrogens (tertiary/aromatic N) is 4. The zero-order chi connectivity index (χ0) is 11.5. The minimum atomic E-state index is -0.457. The average Bonchev–Trinajstić information content (AvgIpc) is 2.31. The molecule has 0 saturated carbocycles. The Bertz CT molecular complexity index is 555. The molecular weight excluding hydrogens is 251 g/mol. The van der Waals surface area contributed by atoms with Crippen LogP contribution in [0.4, 0.5) is 0 Å². The van der Waals surface area contributed by atoms with Gasteiger partial charge >= 0.3 is 0 Å². The molecule has 0 atom stereocenters. The van der Waals surface area contributed by atoms with Gasteiger partial charge in [0.05, 0.1) is 11.2 Å². The van der Waals surface area contributed by atoms with Crippen LogP contribution >= 0.6 is 23.2 Å². The fraction of sp³-hybridized carbons (Fsp3) is 0.111. The number of hydrogen-bond acceptors (Lipinski definition) is 4. The van der Waals surface area contributed by atoms with Gasteiger partial charge in [-0.25, -0.2) is 14.6 Å². The van der Waals surface area contributed by atoms with Gasteiger partial charge in [-0.3, -0.25) is 4.79 Å². The van der Waals surface area contributed by atoms with Crippen LogP contribution in [0.3, 0.4) is 0 Å². The van der Waals surface area contributed by atoms with Gasteiger partial charge in [0.2, 0.25) is 0 Å². The van der Waals surface area contributed by atoms with E-state index < -0.39 is 5.56 Å². The smallest absolute Gasteiger partial charge is 0.266 e. The Balaban J connectivity index is 2.37. The van der Waals surface area contributed by atoms with Crippen LogP contribution in [0.1, 0.15) is 5.82 Å². The lowest BCUT2D eigenvalue weighted by molar-refractivity contribution is 0.614. The molecule has 7 heteroatoms. The Morgan fingerprint density at radius 1 is 1.25 bits per heavy atom. The second-order valence-corrected chi connectivity index (χ2v) is 3.72. The third kappa shape index (κ3) is 2.20. The number of halogens is 2. The molecule has 0 aliphatic rings. The monoisotopic (exact) mass is 256 g/mol. The van der Waals surface area contributed by atoms with Crippen molar-refractivity contribution in [1.82, 2.24) is 19.7 Å². The lowest BCUT2D eigenvalue weighted by atomic mass is 10.5. The van der Waals surface area contributed by atoms with Gasteiger partial charge in [-0.15, -0.1) is 0 Å². The summed E-state index contributed by atoms with van der Waals surface area (Å²) in [5, 5.41) is 3.93. The molecule has 2 aromatic rings. The second kappa shape index (κ2) is 4.59. The van der Waals surface area contributed by atoms with Crippen molar-refractivity contribution in [1.29, 1.82) is 0 Å². The zero-order valence-electron chi connectivity index (χ0n) is 7.97. The molecule has 0 amide bonds. The van der Waals surface area contributed by atoms with Crippen molar-refractivity contribution in [2.45, 2.75) is 6.54 Å². The maximum Gasteiger partial charge on any atom is 0.287 e. The molecule has 2 heterocycles. The molecule has 0 radical (unpaired) electrons. The highest BCUT2D eigenvalue weighted by Gasteiger charge is 2.08. The normalized spacial score (nSPS) is 10.4. The van der Waals surface area contributed by atoms with Gasteiger partial charge < -0.3 is 0 Å². The summed E-state index contributed by atoms with van der Waals surface area (Å²) in [6.45, 7) is 0.163. The lowest BCUT2D eigenvalue weighted by Crippen LogP contribution is -2.24. The molecule has 0 aliphatic carbocycles. The number of hydrogen-bond donors (Lipinski definition) is 0. The highest BCUT2D eigenvalue weighted by molar-refractivity contribution is 6.41. The van der Waals surface area contributed by atoms with Gasteiger partial charge in [-0.2, -0.15) is 5.10 Å². The standard InChI is InChI=1S/C9H6Cl2N4O/c10-6-4-14-15(9(16)8(6)11)5-7-12-2-1-3-13-7/h1-4H,5H2. The summed E-state index contributed by atoms with van der Waals surface area (Å²) in [7, 11) is 0. The Morgan fingerprint density at radius 2 is 1.94 bits per heavy atom. The average molecular weight is 257 g/mol. The summed E-state index contributed by atoms with van der Waals surface area (Å²) in [6.07, 6.45) is 4.49. The third-order valence-corrected chi connectivity index (χ3v) is 2.60. The van der Waals surface area contributed by atoms with E-state index in [2.05, 4.69) is 15.1 Å². The first-order valence-corrected chi connectivity index (χ1v) is 5.11. The third-order valence-electron chi connectivity index (χ3n) is 1.85. The number of aromatic nitrogens is 4. The van der Waals surface area contributed by atoms with Crippen LogP contribution in [0.2, 0.25) is 10.0 Å². The van der Waals surface area contributed by atoms with E-state index in [0.717, 1.165) is 4.68 Å². The van der Waals surface area contributed by atoms with Gasteiger partial charge in [-0.1, -0.05) is 23.2 Å². The molecule has 0 N–H and O–H groups in total. The Labute approximate surface area is 101 Å². The van der Waals surface area contributed by atoms with Gasteiger partial charge in [0, 0.05) is 12.4 Å². The fourth-order valence-corrected chi connectivity index (χ4v) is 1.37. The molecule has 0 spiro atoms. The van der Waals surface area contributed by atoms with Crippen molar-refractivity contribution in [3.05, 3.63) is 50.9 Å². The first-order valence-electron chi connectivity index (χ1n) is 4.35. The fourth-order valence-electron chi connectivity index (χ4n) is 1.10. The molecule has 82 valence electrons. The van der Waals surface area contributed by atoms with Crippen LogP contribution in [0.5, 0.6) is 0 Å². The van der Waals surface area contributed by atoms with Gasteiger partial charge in [-0.05, 0) is 6.07 Å². The van der Waals surface area contributed by atoms with Crippen LogP contribution in [0.25, 0.3) is 0 Å². The SMILES string of the molecule is O=c1c(Cl)c(Cl)cnn1Cc1ncccn1. The van der Waals surface area contributed by atoms with Gasteiger partial charge in [0.1, 0.15) is 17.4 Å². The van der Waals surface area contributed by atoms with Crippen molar-refractivity contribution in [2.24, 2.45) is 0 Å². The quantitative estimate of drug-likeness (QED) is 0.815. The van der Waals surface area contributed by atoms with Crippen molar-refractivity contribution < 1.29 is 0 Å². The van der Waals surface area contributed by atoms with Crippen LogP contribution in [0, 0.1) is 0 Å². The largest absolute Gasteiger partial charge is 0.287 e. The van der Waals surface area contributed by atoms with Crippen LogP contribution in [-0.4, -0.2) is 19.7 Å². The Kier molecular flexibility index (Phi) is 3.17.